The fraction of sp³-hybridized carbons (Fsp3) is 0.537. The first-order valence-corrected chi connectivity index (χ1v) is 48.1. The van der Waals surface area contributed by atoms with Crippen LogP contribution in [0.5, 0.6) is 0 Å². The Hall–Kier alpha value is -5.24. The molecule has 0 atom stereocenters. The molecule has 89 heavy (non-hydrogen) atoms. The van der Waals surface area contributed by atoms with E-state index in [0.717, 1.165) is 124 Å². The third kappa shape index (κ3) is 18.7. The van der Waals surface area contributed by atoms with Gasteiger partial charge in [0.2, 0.25) is 0 Å². The van der Waals surface area contributed by atoms with Crippen molar-refractivity contribution in [1.29, 1.82) is 15.8 Å². The minimum atomic E-state index is -1.13. The van der Waals surface area contributed by atoms with Gasteiger partial charge in [-0.25, -0.2) is 24.2 Å². The van der Waals surface area contributed by atoms with Gasteiger partial charge in [0.1, 0.15) is 72.3 Å². The van der Waals surface area contributed by atoms with Crippen LogP contribution in [0.2, 0.25) is 108 Å². The van der Waals surface area contributed by atoms with Gasteiger partial charge in [0.05, 0.1) is 22.7 Å². The van der Waals surface area contributed by atoms with Crippen molar-refractivity contribution in [2.75, 3.05) is 26.4 Å². The molecule has 16 nitrogen and oxygen atoms in total. The van der Waals surface area contributed by atoms with Gasteiger partial charge in [-0.05, 0) is 168 Å². The lowest BCUT2D eigenvalue weighted by molar-refractivity contribution is -0.580. The standard InChI is InChI=1S/C17H22ClN3OSi.C17H23N3O2Si.C17H23N3OSi.C16H23IN2OSi/c1-23(2,3)7-6-22-11-21-10-13(9-19)16-14(12-4-5-12)8-15(18)20-17(16)21;1-23(2,3)9-8-22-12-19-11-14(10-18)16-15(13-4-5-13)6-7-20(21)17(16)19;1-22(2,3)9-8-21-12-20-11-14(10-18)16-15(13-4-5-13)6-7-19-17(16)20;1-21(2,3)9-8-20-11-19-10-14(17)15-13(12-4-5-12)6-7-18-16(15)19/h8,10,12H,4-7,11H2,1-3H3;6-7,11,13H,4-5,8-9,12H2,1-3H3;6-7,11,13H,4-5,8-9,12H2,1-3H3;6-7,10,12H,4-5,8-9,11H2,1-3H3. The van der Waals surface area contributed by atoms with Crippen LogP contribution in [-0.2, 0) is 45.9 Å². The predicted octanol–water partition coefficient (Wildman–Crippen LogP) is 17.0. The van der Waals surface area contributed by atoms with Crippen molar-refractivity contribution >= 4 is 111 Å². The smallest absolute Gasteiger partial charge is 0.295 e. The molecule has 8 aromatic heterocycles. The lowest BCUT2D eigenvalue weighted by atomic mass is 10.1. The van der Waals surface area contributed by atoms with Gasteiger partial charge in [0.25, 0.3) is 5.65 Å². The summed E-state index contributed by atoms with van der Waals surface area (Å²) >= 11 is 8.63. The molecule has 22 heteroatoms. The van der Waals surface area contributed by atoms with Crippen LogP contribution >= 0.6 is 34.2 Å². The highest BCUT2D eigenvalue weighted by Gasteiger charge is 2.33. The molecule has 12 rings (SSSR count). The van der Waals surface area contributed by atoms with E-state index < -0.39 is 32.3 Å². The summed E-state index contributed by atoms with van der Waals surface area (Å²) in [5, 5.41) is 45.2. The minimum absolute atomic E-state index is 0.318. The summed E-state index contributed by atoms with van der Waals surface area (Å²) in [5.41, 5.74) is 10.3. The predicted molar refractivity (Wildman–Crippen MR) is 376 cm³/mol. The highest BCUT2D eigenvalue weighted by atomic mass is 127. The number of nitriles is 3. The first-order chi connectivity index (χ1) is 42.2. The maximum Gasteiger partial charge on any atom is 0.295 e. The number of pyridine rings is 4. The molecular weight excluding hydrogens is 1310 g/mol. The Morgan fingerprint density at radius 1 is 0.506 bits per heavy atom. The average Bonchev–Trinajstić information content (AvgIpc) is 1.73. The van der Waals surface area contributed by atoms with E-state index in [1.165, 1.54) is 51.8 Å². The molecule has 0 amide bonds. The van der Waals surface area contributed by atoms with Crippen molar-refractivity contribution < 1.29 is 23.7 Å². The second-order valence-electron chi connectivity index (χ2n) is 29.5. The summed E-state index contributed by atoms with van der Waals surface area (Å²) in [6.45, 7) is 33.0. The van der Waals surface area contributed by atoms with Crippen LogP contribution in [0.25, 0.3) is 44.1 Å². The number of halogens is 2. The molecule has 8 heterocycles. The molecule has 0 bridgehead atoms. The van der Waals surface area contributed by atoms with E-state index in [0.29, 0.717) is 73.2 Å². The monoisotopic (exact) mass is 1400 g/mol. The Morgan fingerprint density at radius 2 is 0.854 bits per heavy atom. The summed E-state index contributed by atoms with van der Waals surface area (Å²) in [6, 6.07) is 19.5. The Kier molecular flexibility index (Phi) is 22.3. The molecule has 4 aliphatic carbocycles. The molecule has 0 spiro atoms. The Morgan fingerprint density at radius 3 is 1.28 bits per heavy atom. The second-order valence-corrected chi connectivity index (χ2v) is 53.6. The number of rotatable bonds is 24. The number of nitrogens with zero attached hydrogens (tertiary/aromatic N) is 11. The summed E-state index contributed by atoms with van der Waals surface area (Å²) in [4.78, 5) is 13.5. The van der Waals surface area contributed by atoms with E-state index in [1.54, 1.807) is 17.0 Å². The fourth-order valence-corrected chi connectivity index (χ4v) is 14.9. The fourth-order valence-electron chi connectivity index (χ4n) is 10.8. The van der Waals surface area contributed by atoms with Crippen LogP contribution in [0.15, 0.2) is 67.6 Å². The molecule has 4 fully saturated rings. The third-order valence-electron chi connectivity index (χ3n) is 16.6. The zero-order valence-electron chi connectivity index (χ0n) is 54.5. The number of fused-ring (bicyclic) bond motifs is 4. The molecule has 0 saturated heterocycles. The molecule has 4 aliphatic rings. The molecule has 0 aliphatic heterocycles. The molecular formula is C67H91ClIN11O5Si4. The largest absolute Gasteiger partial charge is 0.711 e. The third-order valence-corrected chi connectivity index (χ3v) is 24.5. The Balaban J connectivity index is 0.000000141. The number of hydrogen-bond acceptors (Lipinski definition) is 11. The van der Waals surface area contributed by atoms with Crippen molar-refractivity contribution in [2.24, 2.45) is 0 Å². The Labute approximate surface area is 549 Å². The molecule has 0 aromatic carbocycles. The van der Waals surface area contributed by atoms with Crippen LogP contribution < -0.4 is 4.73 Å². The van der Waals surface area contributed by atoms with Crippen LogP contribution in [0, 0.1) is 42.8 Å². The SMILES string of the molecule is C[Si](C)(C)CCOCn1cc(C#N)c2c(C3CC3)cc(Cl)nc21.C[Si](C)(C)CCOCn1cc(C#N)c2c(C3CC3)cc[n+]([O-])c21.C[Si](C)(C)CCOCn1cc(C#N)c2c(C3CC3)ccnc21.C[Si](C)(C)CCOCn1cc(I)c2c(C3CC3)ccnc21. The van der Waals surface area contributed by atoms with Crippen molar-refractivity contribution in [3.05, 3.63) is 121 Å². The lowest BCUT2D eigenvalue weighted by Crippen LogP contribution is -2.29. The van der Waals surface area contributed by atoms with Crippen molar-refractivity contribution in [1.82, 2.24) is 33.2 Å². The van der Waals surface area contributed by atoms with Crippen LogP contribution in [0.1, 0.15) is 114 Å². The normalized spacial score (nSPS) is 15.3. The Bertz CT molecular complexity index is 3910. The van der Waals surface area contributed by atoms with Crippen LogP contribution in [-0.4, -0.2) is 91.9 Å². The molecule has 474 valence electrons. The van der Waals surface area contributed by atoms with Gasteiger partial charge >= 0.3 is 0 Å². The highest BCUT2D eigenvalue weighted by molar-refractivity contribution is 14.1. The molecule has 0 radical (unpaired) electrons. The topological polar surface area (TPSA) is 194 Å². The second kappa shape index (κ2) is 29.1. The van der Waals surface area contributed by atoms with E-state index in [1.807, 2.05) is 46.1 Å². The molecule has 4 saturated carbocycles. The van der Waals surface area contributed by atoms with E-state index in [-0.39, 0.29) is 0 Å². The van der Waals surface area contributed by atoms with Gasteiger partial charge in [0.15, 0.2) is 6.73 Å². The van der Waals surface area contributed by atoms with Gasteiger partial charge in [-0.1, -0.05) is 90.2 Å². The molecule has 8 aromatic rings. The number of ether oxygens (including phenoxy) is 4. The van der Waals surface area contributed by atoms with Crippen LogP contribution in [0.4, 0.5) is 0 Å². The van der Waals surface area contributed by atoms with E-state index in [9.17, 15) is 21.0 Å². The van der Waals surface area contributed by atoms with Gasteiger partial charge in [0, 0.05) is 109 Å². The van der Waals surface area contributed by atoms with Crippen molar-refractivity contribution in [2.45, 2.75) is 205 Å². The van der Waals surface area contributed by atoms with Crippen LogP contribution in [0.3, 0.4) is 0 Å². The average molecular weight is 1410 g/mol. The van der Waals surface area contributed by atoms with Crippen molar-refractivity contribution in [3.63, 3.8) is 0 Å². The maximum absolute atomic E-state index is 12.3. The van der Waals surface area contributed by atoms with Gasteiger partial charge in [-0.2, -0.15) is 15.8 Å². The maximum atomic E-state index is 12.3. The zero-order valence-corrected chi connectivity index (χ0v) is 61.4. The number of hydrogen-bond donors (Lipinski definition) is 0. The number of aromatic nitrogens is 8. The van der Waals surface area contributed by atoms with E-state index in [4.69, 9.17) is 30.5 Å². The zero-order chi connectivity index (χ0) is 64.0. The molecule has 0 unspecified atom stereocenters. The summed E-state index contributed by atoms with van der Waals surface area (Å²) < 4.78 is 33.3. The van der Waals surface area contributed by atoms with Gasteiger partial charge in [-0.15, -0.1) is 0 Å². The lowest BCUT2D eigenvalue weighted by Gasteiger charge is -2.15. The highest BCUT2D eigenvalue weighted by Crippen LogP contribution is 2.47. The molecule has 0 N–H and O–H groups in total. The quantitative estimate of drug-likeness (QED) is 0.0139. The summed E-state index contributed by atoms with van der Waals surface area (Å²) in [6.07, 6.45) is 22.7. The van der Waals surface area contributed by atoms with Crippen molar-refractivity contribution in [3.8, 4) is 18.2 Å². The first kappa shape index (κ1) is 68.1. The summed E-state index contributed by atoms with van der Waals surface area (Å²) in [5.74, 6) is 2.39. The van der Waals surface area contributed by atoms with Gasteiger partial charge < -0.3 is 37.9 Å². The van der Waals surface area contributed by atoms with E-state index in [2.05, 4.69) is 157 Å². The minimum Gasteiger partial charge on any atom is -0.711 e. The summed E-state index contributed by atoms with van der Waals surface area (Å²) in [7, 11) is -4.31. The first-order valence-electron chi connectivity index (χ1n) is 31.8. The van der Waals surface area contributed by atoms with Gasteiger partial charge in [-0.3, -0.25) is 0 Å². The van der Waals surface area contributed by atoms with E-state index >= 15 is 0 Å².